The van der Waals surface area contributed by atoms with Crippen LogP contribution in [0.2, 0.25) is 0 Å². The van der Waals surface area contributed by atoms with Gasteiger partial charge in [0, 0.05) is 0 Å². The van der Waals surface area contributed by atoms with E-state index in [2.05, 4.69) is 4.90 Å². The number of cyclic esters (lactones) is 1. The van der Waals surface area contributed by atoms with Gasteiger partial charge >= 0.3 is 121 Å². The Kier molecular flexibility index (Phi) is 4.09. The van der Waals surface area contributed by atoms with Gasteiger partial charge in [-0.25, -0.2) is 0 Å². The summed E-state index contributed by atoms with van der Waals surface area (Å²) in [5.74, 6) is -0.350. The number of nitrogens with zero attached hydrogens (tertiary/aromatic N) is 1. The Morgan fingerprint density at radius 1 is 1.15 bits per heavy atom. The molecule has 0 saturated carbocycles. The Hall–Kier alpha value is -0.187. The molecule has 4 heterocycles. The molecule has 4 aliphatic rings. The van der Waals surface area contributed by atoms with Gasteiger partial charge in [-0.3, -0.25) is 0 Å². The first kappa shape index (κ1) is 14.7. The molecule has 7 nitrogen and oxygen atoms in total. The molecule has 2 bridgehead atoms. The maximum atomic E-state index is 11.9. The third kappa shape index (κ3) is 2.88. The van der Waals surface area contributed by atoms with Gasteiger partial charge in [0.1, 0.15) is 0 Å². The second kappa shape index (κ2) is 5.54. The molecule has 4 fully saturated rings. The summed E-state index contributed by atoms with van der Waals surface area (Å²) in [6.45, 7) is 8.32. The second-order valence-corrected chi connectivity index (χ2v) is 10.4. The minimum absolute atomic E-state index is 0.350. The van der Waals surface area contributed by atoms with Crippen molar-refractivity contribution in [1.29, 1.82) is 0 Å². The van der Waals surface area contributed by atoms with E-state index >= 15 is 0 Å². The van der Waals surface area contributed by atoms with Crippen molar-refractivity contribution in [3.8, 4) is 0 Å². The van der Waals surface area contributed by atoms with Gasteiger partial charge in [0.05, 0.1) is 0 Å². The van der Waals surface area contributed by atoms with Gasteiger partial charge in [-0.2, -0.15) is 0 Å². The standard InChI is InChI=1S/C12H21GeNO6/c1-12(2)9-16-11(15)10(12)20-13-17-6-3-14(4-7-18-13)5-8-19-13/h10H,3-9H2,1-2H3. The molecule has 4 aliphatic heterocycles. The van der Waals surface area contributed by atoms with Crippen LogP contribution in [0, 0.1) is 5.41 Å². The fraction of sp³-hybridized carbons (Fsp3) is 0.917. The third-order valence-corrected chi connectivity index (χ3v) is 8.44. The molecule has 0 aromatic rings. The summed E-state index contributed by atoms with van der Waals surface area (Å²) in [7, 11) is 0. The molecule has 0 spiro atoms. The fourth-order valence-corrected chi connectivity index (χ4v) is 7.12. The Bertz CT molecular complexity index is 364. The van der Waals surface area contributed by atoms with E-state index in [1.807, 2.05) is 13.8 Å². The third-order valence-electron chi connectivity index (χ3n) is 3.83. The molecule has 1 unspecified atom stereocenters. The van der Waals surface area contributed by atoms with Crippen LogP contribution >= 0.6 is 0 Å². The van der Waals surface area contributed by atoms with Gasteiger partial charge in [0.2, 0.25) is 0 Å². The van der Waals surface area contributed by atoms with E-state index in [-0.39, 0.29) is 11.4 Å². The first-order chi connectivity index (χ1) is 9.51. The summed E-state index contributed by atoms with van der Waals surface area (Å²) in [6.07, 6.45) is -0.669. The van der Waals surface area contributed by atoms with Crippen molar-refractivity contribution in [2.45, 2.75) is 20.0 Å². The summed E-state index contributed by atoms with van der Waals surface area (Å²) in [5.41, 5.74) is -0.385. The molecule has 4 rings (SSSR count). The number of carbonyl (C=O) groups is 1. The van der Waals surface area contributed by atoms with E-state index in [1.165, 1.54) is 0 Å². The molecule has 1 atom stereocenters. The maximum absolute atomic E-state index is 11.9. The van der Waals surface area contributed by atoms with Gasteiger partial charge in [0.25, 0.3) is 0 Å². The van der Waals surface area contributed by atoms with Gasteiger partial charge < -0.3 is 0 Å². The van der Waals surface area contributed by atoms with Crippen molar-refractivity contribution >= 4 is 20.6 Å². The molecule has 4 saturated heterocycles. The van der Waals surface area contributed by atoms with Crippen molar-refractivity contribution in [3.05, 3.63) is 0 Å². The number of carbonyl (C=O) groups excluding carboxylic acids is 1. The molecule has 0 amide bonds. The Morgan fingerprint density at radius 3 is 2.15 bits per heavy atom. The number of rotatable bonds is 2. The van der Waals surface area contributed by atoms with Crippen molar-refractivity contribution in [2.75, 3.05) is 46.1 Å². The average molecular weight is 348 g/mol. The molecule has 0 aliphatic carbocycles. The Labute approximate surface area is 122 Å². The summed E-state index contributed by atoms with van der Waals surface area (Å²) in [6, 6.07) is 0. The van der Waals surface area contributed by atoms with Crippen LogP contribution in [0.3, 0.4) is 0 Å². The molecule has 20 heavy (non-hydrogen) atoms. The van der Waals surface area contributed by atoms with Gasteiger partial charge in [0.15, 0.2) is 0 Å². The van der Waals surface area contributed by atoms with Crippen LogP contribution in [0.1, 0.15) is 13.8 Å². The zero-order valence-corrected chi connectivity index (χ0v) is 14.0. The zero-order valence-electron chi connectivity index (χ0n) is 11.9. The van der Waals surface area contributed by atoms with E-state index in [1.54, 1.807) is 0 Å². The number of esters is 1. The SMILES string of the molecule is CC1(C)COC(=O)C1[O][Ge]12[O]CCN(CC[O]1)CC[O]2. The van der Waals surface area contributed by atoms with Crippen LogP contribution in [-0.2, 0) is 24.6 Å². The summed E-state index contributed by atoms with van der Waals surface area (Å²) >= 11 is -3.83. The molecule has 0 N–H and O–H groups in total. The Balaban J connectivity index is 1.77. The molecular weight excluding hydrogens is 327 g/mol. The molecular formula is C12H21GeNO6. The van der Waals surface area contributed by atoms with Gasteiger partial charge in [-0.1, -0.05) is 0 Å². The minimum atomic E-state index is -3.83. The number of ether oxygens (including phenoxy) is 1. The quantitative estimate of drug-likeness (QED) is 0.505. The number of hydrogen-bond acceptors (Lipinski definition) is 7. The summed E-state index contributed by atoms with van der Waals surface area (Å²) < 4.78 is 28.5. The van der Waals surface area contributed by atoms with Crippen molar-refractivity contribution in [1.82, 2.24) is 4.90 Å². The molecule has 0 radical (unpaired) electrons. The average Bonchev–Trinajstić information content (AvgIpc) is 2.57. The van der Waals surface area contributed by atoms with E-state index in [0.29, 0.717) is 26.4 Å². The second-order valence-electron chi connectivity index (χ2n) is 5.98. The van der Waals surface area contributed by atoms with Gasteiger partial charge in [-0.05, 0) is 0 Å². The Morgan fingerprint density at radius 2 is 1.70 bits per heavy atom. The zero-order chi connectivity index (χ0) is 14.2. The number of hydrogen-bond donors (Lipinski definition) is 0. The summed E-state index contributed by atoms with van der Waals surface area (Å²) in [4.78, 5) is 14.1. The topological polar surface area (TPSA) is 66.5 Å². The molecule has 8 heteroatoms. The van der Waals surface area contributed by atoms with E-state index in [4.69, 9.17) is 19.8 Å². The van der Waals surface area contributed by atoms with Crippen molar-refractivity contribution in [3.63, 3.8) is 0 Å². The first-order valence-corrected chi connectivity index (χ1v) is 10.4. The predicted molar refractivity (Wildman–Crippen MR) is 69.7 cm³/mol. The van der Waals surface area contributed by atoms with E-state index < -0.39 is 20.7 Å². The number of fused-ring (bicyclic) bond motifs is 6. The van der Waals surface area contributed by atoms with Crippen LogP contribution in [0.4, 0.5) is 0 Å². The van der Waals surface area contributed by atoms with Gasteiger partial charge in [-0.15, -0.1) is 0 Å². The van der Waals surface area contributed by atoms with Crippen LogP contribution in [0.15, 0.2) is 0 Å². The predicted octanol–water partition coefficient (Wildman–Crippen LogP) is -0.231. The first-order valence-electron chi connectivity index (χ1n) is 6.99. The van der Waals surface area contributed by atoms with Crippen LogP contribution < -0.4 is 0 Å². The summed E-state index contributed by atoms with van der Waals surface area (Å²) in [5, 5.41) is 0. The molecule has 0 aromatic carbocycles. The van der Waals surface area contributed by atoms with Crippen LogP contribution in [0.25, 0.3) is 0 Å². The molecule has 0 aromatic heterocycles. The fourth-order valence-electron chi connectivity index (χ4n) is 2.54. The van der Waals surface area contributed by atoms with E-state index in [9.17, 15) is 4.79 Å². The van der Waals surface area contributed by atoms with Crippen LogP contribution in [0.5, 0.6) is 0 Å². The van der Waals surface area contributed by atoms with Crippen LogP contribution in [-0.4, -0.2) is 77.6 Å². The van der Waals surface area contributed by atoms with Crippen molar-refractivity contribution < 1.29 is 24.6 Å². The normalized spacial score (nSPS) is 40.8. The monoisotopic (exact) mass is 349 g/mol. The van der Waals surface area contributed by atoms with E-state index in [0.717, 1.165) is 19.6 Å². The molecule has 114 valence electrons. The van der Waals surface area contributed by atoms with Crippen molar-refractivity contribution in [2.24, 2.45) is 5.41 Å².